The van der Waals surface area contributed by atoms with Crippen LogP contribution in [0.1, 0.15) is 38.3 Å². The number of hydrogen-bond donors (Lipinski definition) is 1. The first-order valence-electron chi connectivity index (χ1n) is 6.88. The molecule has 0 spiro atoms. The first-order chi connectivity index (χ1) is 9.08. The number of nitrogens with one attached hydrogen (secondary N) is 1. The zero-order valence-corrected chi connectivity index (χ0v) is 13.1. The Morgan fingerprint density at radius 1 is 1.32 bits per heavy atom. The quantitative estimate of drug-likeness (QED) is 0.922. The van der Waals surface area contributed by atoms with Gasteiger partial charge in [-0.25, -0.2) is 0 Å². The maximum absolute atomic E-state index is 12.2. The Morgan fingerprint density at radius 3 is 2.63 bits per heavy atom. The molecule has 19 heavy (non-hydrogen) atoms. The summed E-state index contributed by atoms with van der Waals surface area (Å²) in [5.74, 6) is 0.222. The molecule has 1 aliphatic heterocycles. The first kappa shape index (κ1) is 14.5. The molecule has 4 heteroatoms. The molecule has 1 amide bonds. The lowest BCUT2D eigenvalue weighted by Gasteiger charge is -2.24. The molecule has 1 N–H and O–H groups in total. The van der Waals surface area contributed by atoms with Crippen LogP contribution in [0.3, 0.4) is 0 Å². The van der Waals surface area contributed by atoms with Gasteiger partial charge in [-0.15, -0.1) is 0 Å². The molecule has 1 aromatic carbocycles. The van der Waals surface area contributed by atoms with Gasteiger partial charge in [-0.2, -0.15) is 0 Å². The Balaban J connectivity index is 1.94. The molecule has 0 bridgehead atoms. The average Bonchev–Trinajstić information content (AvgIpc) is 2.91. The Kier molecular flexibility index (Phi) is 4.99. The molecule has 0 radical (unpaired) electrons. The number of amides is 1. The number of carbonyl (C=O) groups excluding carboxylic acids is 1. The van der Waals surface area contributed by atoms with Gasteiger partial charge in [0.15, 0.2) is 0 Å². The Bertz CT molecular complexity index is 444. The topological polar surface area (TPSA) is 32.3 Å². The third kappa shape index (κ3) is 3.80. The summed E-state index contributed by atoms with van der Waals surface area (Å²) in [4.78, 5) is 14.2. The number of halogens is 1. The van der Waals surface area contributed by atoms with Gasteiger partial charge in [0.05, 0.1) is 6.04 Å². The van der Waals surface area contributed by atoms with Gasteiger partial charge in [0.1, 0.15) is 0 Å². The molecule has 0 saturated carbocycles. The van der Waals surface area contributed by atoms with Crippen LogP contribution >= 0.6 is 15.9 Å². The minimum absolute atomic E-state index is 0.132. The lowest BCUT2D eigenvalue weighted by molar-refractivity contribution is -0.132. The van der Waals surface area contributed by atoms with Crippen LogP contribution in [0, 0.1) is 0 Å². The molecule has 104 valence electrons. The van der Waals surface area contributed by atoms with Crippen molar-refractivity contribution >= 4 is 21.8 Å². The van der Waals surface area contributed by atoms with E-state index < -0.39 is 0 Å². The number of rotatable bonds is 4. The molecule has 3 nitrogen and oxygen atoms in total. The van der Waals surface area contributed by atoms with Gasteiger partial charge in [0.25, 0.3) is 0 Å². The highest BCUT2D eigenvalue weighted by atomic mass is 79.9. The fourth-order valence-corrected chi connectivity index (χ4v) is 2.95. The smallest absolute Gasteiger partial charge is 0.239 e. The van der Waals surface area contributed by atoms with Crippen LogP contribution < -0.4 is 5.32 Å². The van der Waals surface area contributed by atoms with Gasteiger partial charge in [-0.1, -0.05) is 28.1 Å². The van der Waals surface area contributed by atoms with E-state index in [9.17, 15) is 4.79 Å². The van der Waals surface area contributed by atoms with E-state index in [0.29, 0.717) is 0 Å². The van der Waals surface area contributed by atoms with E-state index >= 15 is 0 Å². The van der Waals surface area contributed by atoms with Crippen molar-refractivity contribution in [3.8, 4) is 0 Å². The number of nitrogens with zero attached hydrogens (tertiary/aromatic N) is 1. The van der Waals surface area contributed by atoms with Crippen LogP contribution in [0.15, 0.2) is 28.7 Å². The molecule has 1 saturated heterocycles. The summed E-state index contributed by atoms with van der Waals surface area (Å²) in [6, 6.07) is 8.23. The van der Waals surface area contributed by atoms with Crippen LogP contribution in [0.25, 0.3) is 0 Å². The normalized spacial score (nSPS) is 18.4. The van der Waals surface area contributed by atoms with Crippen molar-refractivity contribution in [3.63, 3.8) is 0 Å². The zero-order chi connectivity index (χ0) is 13.8. The summed E-state index contributed by atoms with van der Waals surface area (Å²) in [5.41, 5.74) is 1.19. The highest BCUT2D eigenvalue weighted by molar-refractivity contribution is 9.10. The van der Waals surface area contributed by atoms with Crippen LogP contribution in [-0.4, -0.2) is 29.9 Å². The van der Waals surface area contributed by atoms with E-state index in [1.807, 2.05) is 24.0 Å². The Hall–Kier alpha value is -0.870. The second-order valence-electron chi connectivity index (χ2n) is 5.20. The Morgan fingerprint density at radius 2 is 2.00 bits per heavy atom. The third-order valence-corrected chi connectivity index (χ3v) is 4.13. The molecule has 1 aromatic rings. The van der Waals surface area contributed by atoms with E-state index in [-0.39, 0.29) is 18.0 Å². The summed E-state index contributed by atoms with van der Waals surface area (Å²) < 4.78 is 1.07. The van der Waals surface area contributed by atoms with Gasteiger partial charge in [-0.3, -0.25) is 10.1 Å². The van der Waals surface area contributed by atoms with Crippen molar-refractivity contribution in [2.45, 2.75) is 38.8 Å². The maximum Gasteiger partial charge on any atom is 0.239 e. The van der Waals surface area contributed by atoms with E-state index in [1.54, 1.807) is 0 Å². The zero-order valence-electron chi connectivity index (χ0n) is 11.5. The molecule has 1 aliphatic rings. The van der Waals surface area contributed by atoms with Crippen LogP contribution in [0.5, 0.6) is 0 Å². The van der Waals surface area contributed by atoms with Gasteiger partial charge in [-0.05, 0) is 44.4 Å². The number of hydrogen-bond acceptors (Lipinski definition) is 2. The van der Waals surface area contributed by atoms with E-state index in [1.165, 1.54) is 5.56 Å². The highest BCUT2D eigenvalue weighted by Crippen LogP contribution is 2.19. The summed E-state index contributed by atoms with van der Waals surface area (Å²) in [7, 11) is 0. The van der Waals surface area contributed by atoms with Gasteiger partial charge >= 0.3 is 0 Å². The first-order valence-corrected chi connectivity index (χ1v) is 7.67. The lowest BCUT2D eigenvalue weighted by atomic mass is 10.1. The maximum atomic E-state index is 12.2. The third-order valence-electron chi connectivity index (χ3n) is 3.64. The highest BCUT2D eigenvalue weighted by Gasteiger charge is 2.24. The van der Waals surface area contributed by atoms with Crippen molar-refractivity contribution < 1.29 is 4.79 Å². The fraction of sp³-hybridized carbons (Fsp3) is 0.533. The lowest BCUT2D eigenvalue weighted by Crippen LogP contribution is -2.44. The number of benzene rings is 1. The molecule has 2 rings (SSSR count). The summed E-state index contributed by atoms with van der Waals surface area (Å²) in [6.07, 6.45) is 2.28. The number of carbonyl (C=O) groups is 1. The van der Waals surface area contributed by atoms with E-state index in [2.05, 4.69) is 40.3 Å². The minimum atomic E-state index is -0.132. The predicted molar refractivity (Wildman–Crippen MR) is 81.0 cm³/mol. The SMILES string of the molecule is CC(N[C@H](C)c1cccc(Br)c1)C(=O)N1CCCC1. The van der Waals surface area contributed by atoms with Crippen molar-refractivity contribution in [1.82, 2.24) is 10.2 Å². The molecule has 2 atom stereocenters. The molecule has 1 heterocycles. The minimum Gasteiger partial charge on any atom is -0.341 e. The molecular formula is C15H21BrN2O. The van der Waals surface area contributed by atoms with Gasteiger partial charge < -0.3 is 4.90 Å². The summed E-state index contributed by atoms with van der Waals surface area (Å²) in [5, 5.41) is 3.39. The predicted octanol–water partition coefficient (Wildman–Crippen LogP) is 3.11. The van der Waals surface area contributed by atoms with Crippen LogP contribution in [-0.2, 0) is 4.79 Å². The largest absolute Gasteiger partial charge is 0.341 e. The summed E-state index contributed by atoms with van der Waals surface area (Å²) in [6.45, 7) is 5.87. The standard InChI is InChI=1S/C15H21BrN2O/c1-11(13-6-5-7-14(16)10-13)17-12(2)15(19)18-8-3-4-9-18/h5-7,10-12,17H,3-4,8-9H2,1-2H3/t11-,12?/m1/s1. The van der Waals surface area contributed by atoms with Crippen molar-refractivity contribution in [2.24, 2.45) is 0 Å². The average molecular weight is 325 g/mol. The second kappa shape index (κ2) is 6.53. The van der Waals surface area contributed by atoms with E-state index in [4.69, 9.17) is 0 Å². The second-order valence-corrected chi connectivity index (χ2v) is 6.11. The van der Waals surface area contributed by atoms with Crippen molar-refractivity contribution in [2.75, 3.05) is 13.1 Å². The molecule has 0 aromatic heterocycles. The van der Waals surface area contributed by atoms with Crippen LogP contribution in [0.2, 0.25) is 0 Å². The van der Waals surface area contributed by atoms with Gasteiger partial charge in [0.2, 0.25) is 5.91 Å². The summed E-state index contributed by atoms with van der Waals surface area (Å²) >= 11 is 3.48. The van der Waals surface area contributed by atoms with Gasteiger partial charge in [0, 0.05) is 23.6 Å². The van der Waals surface area contributed by atoms with E-state index in [0.717, 1.165) is 30.4 Å². The monoisotopic (exact) mass is 324 g/mol. The van der Waals surface area contributed by atoms with Crippen molar-refractivity contribution in [3.05, 3.63) is 34.3 Å². The fourth-order valence-electron chi connectivity index (χ4n) is 2.53. The molecular weight excluding hydrogens is 304 g/mol. The number of likely N-dealkylation sites (tertiary alicyclic amines) is 1. The van der Waals surface area contributed by atoms with Crippen LogP contribution in [0.4, 0.5) is 0 Å². The Labute approximate surface area is 123 Å². The molecule has 1 unspecified atom stereocenters. The molecule has 0 aliphatic carbocycles. The van der Waals surface area contributed by atoms with Crippen molar-refractivity contribution in [1.29, 1.82) is 0 Å². The molecule has 1 fully saturated rings.